The highest BCUT2D eigenvalue weighted by Gasteiger charge is 2.07. The maximum atomic E-state index is 5.27. The molecule has 0 spiro atoms. The molecule has 0 radical (unpaired) electrons. The van der Waals surface area contributed by atoms with Crippen LogP contribution in [0.2, 0.25) is 0 Å². The van der Waals surface area contributed by atoms with Gasteiger partial charge in [0, 0.05) is 17.2 Å². The second-order valence-corrected chi connectivity index (χ2v) is 4.73. The number of hydrogen-bond acceptors (Lipinski definition) is 4. The zero-order valence-corrected chi connectivity index (χ0v) is 12.3. The van der Waals surface area contributed by atoms with Crippen molar-refractivity contribution in [3.05, 3.63) is 23.8 Å². The van der Waals surface area contributed by atoms with Crippen LogP contribution in [0.15, 0.2) is 23.3 Å². The lowest BCUT2D eigenvalue weighted by molar-refractivity contribution is 0.393. The molecule has 18 heavy (non-hydrogen) atoms. The average molecular weight is 273 g/mol. The molecule has 0 aliphatic heterocycles. The smallest absolute Gasteiger partial charge is 0.131 e. The number of rotatable bonds is 4. The predicted molar refractivity (Wildman–Crippen MR) is 77.3 cm³/mol. The van der Waals surface area contributed by atoms with Crippen LogP contribution >= 0.6 is 12.4 Å². The first-order chi connectivity index (χ1) is 7.96. The number of hydrazone groups is 1. The Morgan fingerprint density at radius 1 is 1.17 bits per heavy atom. The molecule has 1 rings (SSSR count). The monoisotopic (exact) mass is 272 g/mol. The summed E-state index contributed by atoms with van der Waals surface area (Å²) in [4.78, 5) is 0. The number of hydrogen-bond donors (Lipinski definition) is 1. The van der Waals surface area contributed by atoms with Crippen LogP contribution in [-0.4, -0.2) is 26.0 Å². The maximum Gasteiger partial charge on any atom is 0.131 e. The molecule has 0 saturated carbocycles. The van der Waals surface area contributed by atoms with Crippen LogP contribution in [0.4, 0.5) is 0 Å². The molecule has 4 nitrogen and oxygen atoms in total. The van der Waals surface area contributed by atoms with Crippen LogP contribution in [0.3, 0.4) is 0 Å². The third-order valence-corrected chi connectivity index (χ3v) is 2.04. The molecule has 0 atom stereocenters. The first kappa shape index (κ1) is 16.6. The fraction of sp³-hybridized carbons (Fsp3) is 0.462. The molecule has 0 heterocycles. The Morgan fingerprint density at radius 3 is 2.33 bits per heavy atom. The summed E-state index contributed by atoms with van der Waals surface area (Å²) in [5.74, 6) is 1.51. The maximum absolute atomic E-state index is 5.27. The average Bonchev–Trinajstić information content (AvgIpc) is 2.27. The Balaban J connectivity index is 0.00000289. The molecule has 0 aliphatic carbocycles. The van der Waals surface area contributed by atoms with Gasteiger partial charge >= 0.3 is 0 Å². The Morgan fingerprint density at radius 2 is 1.83 bits per heavy atom. The highest BCUT2D eigenvalue weighted by molar-refractivity contribution is 5.85. The molecule has 0 aliphatic rings. The molecule has 0 aromatic heterocycles. The van der Waals surface area contributed by atoms with Gasteiger partial charge in [-0.25, -0.2) is 0 Å². The Labute approximate surface area is 115 Å². The van der Waals surface area contributed by atoms with Gasteiger partial charge in [-0.05, 0) is 32.9 Å². The second-order valence-electron chi connectivity index (χ2n) is 4.73. The lowest BCUT2D eigenvalue weighted by atomic mass is 10.1. The van der Waals surface area contributed by atoms with Crippen LogP contribution in [-0.2, 0) is 0 Å². The standard InChI is InChI=1S/C13H20N2O2.ClH/c1-13(2,3)15-14-9-10-6-7-11(16-4)8-12(10)17-5;/h6-9,15H,1-5H3;1H/b14-9+;. The molecule has 102 valence electrons. The van der Waals surface area contributed by atoms with Gasteiger partial charge in [-0.1, -0.05) is 0 Å². The largest absolute Gasteiger partial charge is 0.497 e. The van der Waals surface area contributed by atoms with Crippen molar-refractivity contribution >= 4 is 18.6 Å². The summed E-state index contributed by atoms with van der Waals surface area (Å²) in [5, 5.41) is 4.18. The molecule has 0 amide bonds. The van der Waals surface area contributed by atoms with Crippen LogP contribution in [0, 0.1) is 0 Å². The minimum absolute atomic E-state index is 0. The van der Waals surface area contributed by atoms with Crippen LogP contribution in [0.5, 0.6) is 11.5 Å². The van der Waals surface area contributed by atoms with Gasteiger partial charge in [0.2, 0.25) is 0 Å². The molecule has 0 bridgehead atoms. The van der Waals surface area contributed by atoms with Crippen LogP contribution in [0.1, 0.15) is 26.3 Å². The number of halogens is 1. The van der Waals surface area contributed by atoms with Crippen molar-refractivity contribution in [2.24, 2.45) is 5.10 Å². The third kappa shape index (κ3) is 5.27. The predicted octanol–water partition coefficient (Wildman–Crippen LogP) is 2.85. The van der Waals surface area contributed by atoms with Crippen molar-refractivity contribution in [2.45, 2.75) is 26.3 Å². The molecule has 0 fully saturated rings. The van der Waals surface area contributed by atoms with Gasteiger partial charge < -0.3 is 14.9 Å². The summed E-state index contributed by atoms with van der Waals surface area (Å²) in [6, 6.07) is 5.62. The molecular weight excluding hydrogens is 252 g/mol. The van der Waals surface area contributed by atoms with Crippen molar-refractivity contribution in [1.29, 1.82) is 0 Å². The first-order valence-corrected chi connectivity index (χ1v) is 5.48. The summed E-state index contributed by atoms with van der Waals surface area (Å²) in [6.45, 7) is 6.15. The Hall–Kier alpha value is -1.42. The van der Waals surface area contributed by atoms with Crippen molar-refractivity contribution in [3.8, 4) is 11.5 Å². The van der Waals surface area contributed by atoms with Crippen molar-refractivity contribution in [2.75, 3.05) is 14.2 Å². The van der Waals surface area contributed by atoms with E-state index in [-0.39, 0.29) is 17.9 Å². The summed E-state index contributed by atoms with van der Waals surface area (Å²) in [5.41, 5.74) is 3.89. The Bertz CT molecular complexity index is 400. The van der Waals surface area contributed by atoms with Gasteiger partial charge in [-0.2, -0.15) is 5.10 Å². The zero-order valence-electron chi connectivity index (χ0n) is 11.5. The molecule has 1 aromatic carbocycles. The normalized spacial score (nSPS) is 10.9. The van der Waals surface area contributed by atoms with Crippen LogP contribution < -0.4 is 14.9 Å². The van der Waals surface area contributed by atoms with E-state index in [4.69, 9.17) is 9.47 Å². The van der Waals surface area contributed by atoms with E-state index in [1.165, 1.54) is 0 Å². The molecule has 0 unspecified atom stereocenters. The number of benzene rings is 1. The van der Waals surface area contributed by atoms with E-state index in [2.05, 4.69) is 31.3 Å². The van der Waals surface area contributed by atoms with Crippen molar-refractivity contribution in [1.82, 2.24) is 5.43 Å². The first-order valence-electron chi connectivity index (χ1n) is 5.48. The minimum atomic E-state index is -0.0454. The summed E-state index contributed by atoms with van der Waals surface area (Å²) in [7, 11) is 3.26. The number of nitrogens with zero attached hydrogens (tertiary/aromatic N) is 1. The fourth-order valence-electron chi connectivity index (χ4n) is 1.22. The highest BCUT2D eigenvalue weighted by atomic mass is 35.5. The number of nitrogens with one attached hydrogen (secondary N) is 1. The number of ether oxygens (including phenoxy) is 2. The third-order valence-electron chi connectivity index (χ3n) is 2.04. The van der Waals surface area contributed by atoms with Crippen molar-refractivity contribution < 1.29 is 9.47 Å². The van der Waals surface area contributed by atoms with E-state index < -0.39 is 0 Å². The van der Waals surface area contributed by atoms with E-state index in [1.807, 2.05) is 18.2 Å². The number of methoxy groups -OCH3 is 2. The van der Waals surface area contributed by atoms with Crippen LogP contribution in [0.25, 0.3) is 0 Å². The van der Waals surface area contributed by atoms with E-state index >= 15 is 0 Å². The molecule has 1 aromatic rings. The Kier molecular flexibility index (Phi) is 6.55. The van der Waals surface area contributed by atoms with Gasteiger partial charge in [-0.3, -0.25) is 0 Å². The molecule has 0 saturated heterocycles. The molecular formula is C13H21ClN2O2. The minimum Gasteiger partial charge on any atom is -0.497 e. The summed E-state index contributed by atoms with van der Waals surface area (Å²) >= 11 is 0. The van der Waals surface area contributed by atoms with Gasteiger partial charge in [0.05, 0.1) is 20.4 Å². The van der Waals surface area contributed by atoms with Gasteiger partial charge in [0.15, 0.2) is 0 Å². The van der Waals surface area contributed by atoms with E-state index in [0.29, 0.717) is 0 Å². The van der Waals surface area contributed by atoms with Gasteiger partial charge in [-0.15, -0.1) is 12.4 Å². The summed E-state index contributed by atoms with van der Waals surface area (Å²) < 4.78 is 10.4. The zero-order chi connectivity index (χ0) is 12.9. The van der Waals surface area contributed by atoms with E-state index in [0.717, 1.165) is 17.1 Å². The second kappa shape index (κ2) is 7.11. The summed E-state index contributed by atoms with van der Waals surface area (Å²) in [6.07, 6.45) is 1.74. The topological polar surface area (TPSA) is 42.8 Å². The van der Waals surface area contributed by atoms with E-state index in [9.17, 15) is 0 Å². The lowest BCUT2D eigenvalue weighted by Crippen LogP contribution is -2.31. The SMILES string of the molecule is COc1ccc(/C=N/NC(C)(C)C)c(OC)c1.Cl. The molecule has 1 N–H and O–H groups in total. The van der Waals surface area contributed by atoms with E-state index in [1.54, 1.807) is 20.4 Å². The highest BCUT2D eigenvalue weighted by Crippen LogP contribution is 2.22. The van der Waals surface area contributed by atoms with Gasteiger partial charge in [0.25, 0.3) is 0 Å². The lowest BCUT2D eigenvalue weighted by Gasteiger charge is -2.17. The van der Waals surface area contributed by atoms with Gasteiger partial charge in [0.1, 0.15) is 11.5 Å². The quantitative estimate of drug-likeness (QED) is 0.677. The molecule has 5 heteroatoms. The van der Waals surface area contributed by atoms with Crippen molar-refractivity contribution in [3.63, 3.8) is 0 Å². The fourth-order valence-corrected chi connectivity index (χ4v) is 1.22.